The normalized spacial score (nSPS) is 10.7. The smallest absolute Gasteiger partial charge is 0.233 e. The van der Waals surface area contributed by atoms with E-state index in [1.54, 1.807) is 31.2 Å². The van der Waals surface area contributed by atoms with E-state index in [1.807, 2.05) is 24.3 Å². The van der Waals surface area contributed by atoms with Crippen LogP contribution in [0.2, 0.25) is 0 Å². The van der Waals surface area contributed by atoms with Gasteiger partial charge in [0.25, 0.3) is 0 Å². The van der Waals surface area contributed by atoms with Crippen molar-refractivity contribution < 1.29 is 13.9 Å². The zero-order chi connectivity index (χ0) is 18.5. The molecule has 3 rings (SSSR count). The lowest BCUT2D eigenvalue weighted by atomic mass is 10.2. The molecule has 0 aliphatic carbocycles. The highest BCUT2D eigenvalue weighted by atomic mass is 32.2. The number of carbonyl (C=O) groups excluding carboxylic acids is 1. The molecule has 1 amide bonds. The van der Waals surface area contributed by atoms with E-state index >= 15 is 0 Å². The first kappa shape index (κ1) is 17.9. The predicted octanol–water partition coefficient (Wildman–Crippen LogP) is 2.01. The van der Waals surface area contributed by atoms with Gasteiger partial charge in [-0.15, -0.1) is 10.2 Å². The Bertz CT molecular complexity index is 878. The van der Waals surface area contributed by atoms with E-state index in [-0.39, 0.29) is 11.7 Å². The lowest BCUT2D eigenvalue weighted by Gasteiger charge is -2.18. The molecule has 0 aliphatic rings. The number of furan rings is 1. The van der Waals surface area contributed by atoms with Gasteiger partial charge < -0.3 is 19.9 Å². The van der Waals surface area contributed by atoms with Gasteiger partial charge in [-0.3, -0.25) is 4.79 Å². The Morgan fingerprint density at radius 2 is 2.12 bits per heavy atom. The number of nitrogen functional groups attached to an aromatic ring is 1. The first-order valence-corrected chi connectivity index (χ1v) is 8.81. The molecule has 1 aromatic carbocycles. The Hall–Kier alpha value is -2.94. The number of amides is 1. The molecule has 0 atom stereocenters. The monoisotopic (exact) mass is 373 g/mol. The third kappa shape index (κ3) is 3.83. The van der Waals surface area contributed by atoms with E-state index in [1.165, 1.54) is 22.7 Å². The molecule has 9 heteroatoms. The second-order valence-electron chi connectivity index (χ2n) is 5.50. The van der Waals surface area contributed by atoms with Gasteiger partial charge in [0.2, 0.25) is 16.9 Å². The Labute approximate surface area is 154 Å². The Morgan fingerprint density at radius 3 is 2.85 bits per heavy atom. The van der Waals surface area contributed by atoms with Crippen LogP contribution in [0.25, 0.3) is 11.6 Å². The summed E-state index contributed by atoms with van der Waals surface area (Å²) in [6.07, 6.45) is 1.53. The largest absolute Gasteiger partial charge is 0.496 e. The lowest BCUT2D eigenvalue weighted by molar-refractivity contribution is -0.127. The minimum Gasteiger partial charge on any atom is -0.496 e. The molecule has 2 aromatic heterocycles. The Kier molecular flexibility index (Phi) is 5.47. The first-order valence-electron chi connectivity index (χ1n) is 7.83. The molecule has 0 spiro atoms. The first-order chi connectivity index (χ1) is 12.6. The second-order valence-corrected chi connectivity index (χ2v) is 6.45. The van der Waals surface area contributed by atoms with Crippen LogP contribution in [0.15, 0.2) is 52.2 Å². The van der Waals surface area contributed by atoms with Gasteiger partial charge in [-0.1, -0.05) is 30.0 Å². The number of hydrogen-bond donors (Lipinski definition) is 1. The molecule has 0 fully saturated rings. The maximum atomic E-state index is 12.4. The van der Waals surface area contributed by atoms with Crippen molar-refractivity contribution in [3.63, 3.8) is 0 Å². The molecule has 8 nitrogen and oxygen atoms in total. The standard InChI is InChI=1S/C17H19N5O3S/c1-21(10-12-6-3-4-7-13(12)24-2)15(23)11-26-17-20-19-16(22(17)18)14-8-5-9-25-14/h3-9H,10-11,18H2,1-2H3. The van der Waals surface area contributed by atoms with Crippen molar-refractivity contribution in [3.05, 3.63) is 48.2 Å². The average Bonchev–Trinajstić information content (AvgIpc) is 3.29. The fourth-order valence-electron chi connectivity index (χ4n) is 2.36. The van der Waals surface area contributed by atoms with Crippen molar-refractivity contribution in [1.82, 2.24) is 19.8 Å². The molecule has 136 valence electrons. The molecule has 0 saturated heterocycles. The summed E-state index contributed by atoms with van der Waals surface area (Å²) in [7, 11) is 3.36. The predicted molar refractivity (Wildman–Crippen MR) is 98.1 cm³/mol. The van der Waals surface area contributed by atoms with Crippen LogP contribution in [0, 0.1) is 0 Å². The summed E-state index contributed by atoms with van der Waals surface area (Å²) in [6.45, 7) is 0.455. The number of nitrogens with zero attached hydrogens (tertiary/aromatic N) is 4. The highest BCUT2D eigenvalue weighted by molar-refractivity contribution is 7.99. The zero-order valence-electron chi connectivity index (χ0n) is 14.5. The van der Waals surface area contributed by atoms with E-state index in [4.69, 9.17) is 15.0 Å². The third-order valence-electron chi connectivity index (χ3n) is 3.76. The van der Waals surface area contributed by atoms with Crippen molar-refractivity contribution in [2.45, 2.75) is 11.7 Å². The maximum Gasteiger partial charge on any atom is 0.233 e. The van der Waals surface area contributed by atoms with Crippen molar-refractivity contribution in [3.8, 4) is 17.3 Å². The topological polar surface area (TPSA) is 99.4 Å². The number of thioether (sulfide) groups is 1. The summed E-state index contributed by atoms with van der Waals surface area (Å²) < 4.78 is 11.9. The van der Waals surface area contributed by atoms with Gasteiger partial charge in [0.05, 0.1) is 19.1 Å². The molecule has 0 radical (unpaired) electrons. The van der Waals surface area contributed by atoms with Gasteiger partial charge >= 0.3 is 0 Å². The molecule has 26 heavy (non-hydrogen) atoms. The van der Waals surface area contributed by atoms with Crippen LogP contribution in [-0.2, 0) is 11.3 Å². The molecule has 0 saturated carbocycles. The van der Waals surface area contributed by atoms with E-state index in [2.05, 4.69) is 10.2 Å². The lowest BCUT2D eigenvalue weighted by Crippen LogP contribution is -2.28. The number of para-hydroxylation sites is 1. The van der Waals surface area contributed by atoms with Gasteiger partial charge in [0.1, 0.15) is 5.75 Å². The van der Waals surface area contributed by atoms with Crippen LogP contribution in [0.5, 0.6) is 5.75 Å². The Balaban J connectivity index is 1.60. The van der Waals surface area contributed by atoms with Crippen LogP contribution in [-0.4, -0.2) is 45.6 Å². The highest BCUT2D eigenvalue weighted by Gasteiger charge is 2.17. The number of benzene rings is 1. The number of aromatic nitrogens is 3. The van der Waals surface area contributed by atoms with E-state index in [9.17, 15) is 4.79 Å². The second kappa shape index (κ2) is 7.96. The number of nitrogens with two attached hydrogens (primary N) is 1. The van der Waals surface area contributed by atoms with Gasteiger partial charge in [0, 0.05) is 19.2 Å². The summed E-state index contributed by atoms with van der Waals surface area (Å²) in [6, 6.07) is 11.1. The Morgan fingerprint density at radius 1 is 1.31 bits per heavy atom. The van der Waals surface area contributed by atoms with Crippen LogP contribution >= 0.6 is 11.8 Å². The van der Waals surface area contributed by atoms with Gasteiger partial charge in [0.15, 0.2) is 5.76 Å². The molecule has 2 N–H and O–H groups in total. The zero-order valence-corrected chi connectivity index (χ0v) is 15.3. The van der Waals surface area contributed by atoms with Crippen LogP contribution in [0.1, 0.15) is 5.56 Å². The van der Waals surface area contributed by atoms with Crippen LogP contribution in [0.4, 0.5) is 0 Å². The molecular weight excluding hydrogens is 354 g/mol. The van der Waals surface area contributed by atoms with E-state index in [0.717, 1.165) is 11.3 Å². The van der Waals surface area contributed by atoms with Crippen molar-refractivity contribution in [2.24, 2.45) is 0 Å². The summed E-state index contributed by atoms with van der Waals surface area (Å²) in [5.74, 6) is 7.81. The molecule has 0 unspecified atom stereocenters. The third-order valence-corrected chi connectivity index (χ3v) is 4.68. The molecule has 0 bridgehead atoms. The number of hydrogen-bond acceptors (Lipinski definition) is 7. The average molecular weight is 373 g/mol. The fourth-order valence-corrected chi connectivity index (χ4v) is 3.16. The van der Waals surface area contributed by atoms with Gasteiger partial charge in [-0.25, -0.2) is 4.68 Å². The van der Waals surface area contributed by atoms with E-state index < -0.39 is 0 Å². The van der Waals surface area contributed by atoms with Crippen molar-refractivity contribution in [2.75, 3.05) is 25.8 Å². The number of rotatable bonds is 7. The molecule has 0 aliphatic heterocycles. The number of methoxy groups -OCH3 is 1. The maximum absolute atomic E-state index is 12.4. The van der Waals surface area contributed by atoms with Crippen molar-refractivity contribution >= 4 is 17.7 Å². The molecule has 2 heterocycles. The summed E-state index contributed by atoms with van der Waals surface area (Å²) >= 11 is 1.22. The van der Waals surface area contributed by atoms with E-state index in [0.29, 0.717) is 23.3 Å². The summed E-state index contributed by atoms with van der Waals surface area (Å²) in [5.41, 5.74) is 0.943. The minimum atomic E-state index is -0.0524. The summed E-state index contributed by atoms with van der Waals surface area (Å²) in [4.78, 5) is 14.0. The summed E-state index contributed by atoms with van der Waals surface area (Å²) in [5, 5.41) is 8.46. The number of ether oxygens (including phenoxy) is 1. The fraction of sp³-hybridized carbons (Fsp3) is 0.235. The van der Waals surface area contributed by atoms with Crippen molar-refractivity contribution in [1.29, 1.82) is 0 Å². The van der Waals surface area contributed by atoms with Gasteiger partial charge in [-0.05, 0) is 18.2 Å². The van der Waals surface area contributed by atoms with Crippen LogP contribution < -0.4 is 10.6 Å². The number of carbonyl (C=O) groups is 1. The quantitative estimate of drug-likeness (QED) is 0.499. The SMILES string of the molecule is COc1ccccc1CN(C)C(=O)CSc1nnc(-c2ccco2)n1N. The highest BCUT2D eigenvalue weighted by Crippen LogP contribution is 2.23. The van der Waals surface area contributed by atoms with Crippen LogP contribution in [0.3, 0.4) is 0 Å². The van der Waals surface area contributed by atoms with Gasteiger partial charge in [-0.2, -0.15) is 0 Å². The molecular formula is C17H19N5O3S. The molecule has 3 aromatic rings. The minimum absolute atomic E-state index is 0.0524.